The van der Waals surface area contributed by atoms with Gasteiger partial charge >= 0.3 is 0 Å². The van der Waals surface area contributed by atoms with Gasteiger partial charge in [-0.15, -0.1) is 0 Å². The standard InChI is InChI=1S/C9H19F/c1-8(2)5-4-6-9(3)7-10/h8-9H,4-7H2,1-3H3. The second-order valence-corrected chi connectivity index (χ2v) is 3.58. The van der Waals surface area contributed by atoms with E-state index in [0.717, 1.165) is 12.3 Å². The Kier molecular flexibility index (Phi) is 5.66. The van der Waals surface area contributed by atoms with Crippen LogP contribution in [0.3, 0.4) is 0 Å². The van der Waals surface area contributed by atoms with E-state index in [1.165, 1.54) is 12.8 Å². The van der Waals surface area contributed by atoms with Crippen molar-refractivity contribution in [2.24, 2.45) is 11.8 Å². The van der Waals surface area contributed by atoms with Crippen LogP contribution >= 0.6 is 0 Å². The lowest BCUT2D eigenvalue weighted by atomic mass is 10.0. The van der Waals surface area contributed by atoms with E-state index in [1.807, 2.05) is 6.92 Å². The summed E-state index contributed by atoms with van der Waals surface area (Å²) in [5.41, 5.74) is 0. The molecule has 0 bridgehead atoms. The van der Waals surface area contributed by atoms with Gasteiger partial charge in [0.1, 0.15) is 0 Å². The smallest absolute Gasteiger partial charge is 0.0919 e. The molecule has 0 N–H and O–H groups in total. The van der Waals surface area contributed by atoms with Gasteiger partial charge in [0.15, 0.2) is 0 Å². The van der Waals surface area contributed by atoms with Crippen LogP contribution in [-0.4, -0.2) is 6.67 Å². The molecule has 0 aliphatic rings. The molecule has 1 unspecified atom stereocenters. The average molecular weight is 146 g/mol. The van der Waals surface area contributed by atoms with Gasteiger partial charge in [-0.25, -0.2) is 0 Å². The number of alkyl halides is 1. The minimum atomic E-state index is -0.155. The fourth-order valence-corrected chi connectivity index (χ4v) is 0.952. The average Bonchev–Trinajstić information content (AvgIpc) is 1.87. The first-order valence-electron chi connectivity index (χ1n) is 4.22. The highest BCUT2D eigenvalue weighted by atomic mass is 19.1. The summed E-state index contributed by atoms with van der Waals surface area (Å²) in [7, 11) is 0. The highest BCUT2D eigenvalue weighted by molar-refractivity contribution is 4.52. The SMILES string of the molecule is CC(C)CCCC(C)CF. The molecule has 0 fully saturated rings. The lowest BCUT2D eigenvalue weighted by Gasteiger charge is -2.07. The number of rotatable bonds is 5. The topological polar surface area (TPSA) is 0 Å². The minimum absolute atomic E-state index is 0.155. The molecular formula is C9H19F. The van der Waals surface area contributed by atoms with Gasteiger partial charge in [0.25, 0.3) is 0 Å². The van der Waals surface area contributed by atoms with Crippen molar-refractivity contribution in [3.05, 3.63) is 0 Å². The Balaban J connectivity index is 3.03. The van der Waals surface area contributed by atoms with Crippen LogP contribution in [0.2, 0.25) is 0 Å². The van der Waals surface area contributed by atoms with Gasteiger partial charge in [-0.3, -0.25) is 4.39 Å². The Bertz CT molecular complexity index is 69.1. The van der Waals surface area contributed by atoms with Crippen LogP contribution in [0.5, 0.6) is 0 Å². The molecular weight excluding hydrogens is 127 g/mol. The van der Waals surface area contributed by atoms with Gasteiger partial charge in [-0.2, -0.15) is 0 Å². The predicted octanol–water partition coefficient (Wildman–Crippen LogP) is 3.42. The van der Waals surface area contributed by atoms with Gasteiger partial charge in [0, 0.05) is 0 Å². The first kappa shape index (κ1) is 9.93. The summed E-state index contributed by atoms with van der Waals surface area (Å²) in [6.07, 6.45) is 3.47. The van der Waals surface area contributed by atoms with Crippen LogP contribution in [0.25, 0.3) is 0 Å². The van der Waals surface area contributed by atoms with Crippen molar-refractivity contribution in [1.29, 1.82) is 0 Å². The van der Waals surface area contributed by atoms with Gasteiger partial charge in [0.2, 0.25) is 0 Å². The van der Waals surface area contributed by atoms with E-state index < -0.39 is 0 Å². The third-order valence-electron chi connectivity index (χ3n) is 1.74. The van der Waals surface area contributed by atoms with Crippen LogP contribution in [0, 0.1) is 11.8 Å². The Morgan fingerprint density at radius 3 is 2.10 bits per heavy atom. The van der Waals surface area contributed by atoms with E-state index in [1.54, 1.807) is 0 Å². The summed E-state index contributed by atoms with van der Waals surface area (Å²) in [5, 5.41) is 0. The second-order valence-electron chi connectivity index (χ2n) is 3.58. The monoisotopic (exact) mass is 146 g/mol. The first-order chi connectivity index (χ1) is 4.66. The molecule has 0 saturated carbocycles. The normalized spacial score (nSPS) is 14.1. The minimum Gasteiger partial charge on any atom is -0.251 e. The molecule has 0 heterocycles. The van der Waals surface area contributed by atoms with E-state index in [4.69, 9.17) is 0 Å². The fourth-order valence-electron chi connectivity index (χ4n) is 0.952. The summed E-state index contributed by atoms with van der Waals surface area (Å²) in [4.78, 5) is 0. The van der Waals surface area contributed by atoms with Gasteiger partial charge in [-0.1, -0.05) is 33.6 Å². The zero-order chi connectivity index (χ0) is 7.98. The molecule has 62 valence electrons. The van der Waals surface area contributed by atoms with Gasteiger partial charge in [-0.05, 0) is 18.3 Å². The maximum absolute atomic E-state index is 11.9. The van der Waals surface area contributed by atoms with E-state index >= 15 is 0 Å². The fraction of sp³-hybridized carbons (Fsp3) is 1.00. The van der Waals surface area contributed by atoms with Crippen molar-refractivity contribution in [2.75, 3.05) is 6.67 Å². The third kappa shape index (κ3) is 6.06. The molecule has 0 aliphatic carbocycles. The van der Waals surface area contributed by atoms with E-state index in [2.05, 4.69) is 13.8 Å². The number of hydrogen-bond donors (Lipinski definition) is 0. The molecule has 0 radical (unpaired) electrons. The number of halogens is 1. The Morgan fingerprint density at radius 1 is 1.10 bits per heavy atom. The van der Waals surface area contributed by atoms with Crippen molar-refractivity contribution in [1.82, 2.24) is 0 Å². The van der Waals surface area contributed by atoms with Crippen molar-refractivity contribution >= 4 is 0 Å². The molecule has 0 spiro atoms. The predicted molar refractivity (Wildman–Crippen MR) is 43.8 cm³/mol. The number of hydrogen-bond acceptors (Lipinski definition) is 0. The Morgan fingerprint density at radius 2 is 1.70 bits per heavy atom. The van der Waals surface area contributed by atoms with E-state index in [0.29, 0.717) is 0 Å². The van der Waals surface area contributed by atoms with Crippen LogP contribution in [0.4, 0.5) is 4.39 Å². The molecule has 0 aromatic heterocycles. The van der Waals surface area contributed by atoms with Crippen LogP contribution in [-0.2, 0) is 0 Å². The molecule has 1 atom stereocenters. The van der Waals surface area contributed by atoms with Crippen molar-refractivity contribution in [3.8, 4) is 0 Å². The molecule has 0 aliphatic heterocycles. The molecule has 0 aromatic carbocycles. The molecule has 0 saturated heterocycles. The lowest BCUT2D eigenvalue weighted by Crippen LogP contribution is -1.97. The molecule has 0 nitrogen and oxygen atoms in total. The summed E-state index contributed by atoms with van der Waals surface area (Å²) >= 11 is 0. The van der Waals surface area contributed by atoms with Crippen molar-refractivity contribution in [3.63, 3.8) is 0 Å². The molecule has 0 aromatic rings. The van der Waals surface area contributed by atoms with E-state index in [9.17, 15) is 4.39 Å². The highest BCUT2D eigenvalue weighted by Crippen LogP contribution is 2.12. The maximum atomic E-state index is 11.9. The Labute approximate surface area is 63.8 Å². The van der Waals surface area contributed by atoms with Gasteiger partial charge in [0.05, 0.1) is 6.67 Å². The quantitative estimate of drug-likeness (QED) is 0.557. The van der Waals surface area contributed by atoms with Crippen LogP contribution in [0.15, 0.2) is 0 Å². The van der Waals surface area contributed by atoms with Crippen molar-refractivity contribution in [2.45, 2.75) is 40.0 Å². The Hall–Kier alpha value is -0.0700. The molecule has 0 rings (SSSR count). The summed E-state index contributed by atoms with van der Waals surface area (Å²) in [6.45, 7) is 6.23. The van der Waals surface area contributed by atoms with Crippen LogP contribution in [0.1, 0.15) is 40.0 Å². The zero-order valence-electron chi connectivity index (χ0n) is 7.36. The third-order valence-corrected chi connectivity index (χ3v) is 1.74. The van der Waals surface area contributed by atoms with Crippen molar-refractivity contribution < 1.29 is 4.39 Å². The molecule has 1 heteroatoms. The molecule has 0 amide bonds. The summed E-state index contributed by atoms with van der Waals surface area (Å²) in [6, 6.07) is 0. The lowest BCUT2D eigenvalue weighted by molar-refractivity contribution is 0.350. The van der Waals surface area contributed by atoms with Crippen LogP contribution < -0.4 is 0 Å². The summed E-state index contributed by atoms with van der Waals surface area (Å²) in [5.74, 6) is 1.05. The van der Waals surface area contributed by atoms with E-state index in [-0.39, 0.29) is 12.6 Å². The van der Waals surface area contributed by atoms with Gasteiger partial charge < -0.3 is 0 Å². The highest BCUT2D eigenvalue weighted by Gasteiger charge is 2.00. The maximum Gasteiger partial charge on any atom is 0.0919 e. The molecule has 10 heavy (non-hydrogen) atoms. The first-order valence-corrected chi connectivity index (χ1v) is 4.22. The zero-order valence-corrected chi connectivity index (χ0v) is 7.36. The largest absolute Gasteiger partial charge is 0.251 e. The summed E-state index contributed by atoms with van der Waals surface area (Å²) < 4.78 is 11.9. The second kappa shape index (κ2) is 5.70.